The quantitative estimate of drug-likeness (QED) is 0.643. The molecule has 1 fully saturated rings. The third-order valence-electron chi connectivity index (χ3n) is 2.04. The van der Waals surface area contributed by atoms with E-state index in [-0.39, 0.29) is 12.7 Å². The summed E-state index contributed by atoms with van der Waals surface area (Å²) < 4.78 is 10.7. The maximum atomic E-state index is 8.87. The van der Waals surface area contributed by atoms with Crippen LogP contribution in [0.4, 0.5) is 0 Å². The van der Waals surface area contributed by atoms with Gasteiger partial charge in [0.2, 0.25) is 0 Å². The SMILES string of the molecule is OCC1COCCCCCCO1. The van der Waals surface area contributed by atoms with Gasteiger partial charge in [0.1, 0.15) is 6.10 Å². The molecule has 0 aromatic rings. The first-order chi connectivity index (χ1) is 5.93. The Bertz CT molecular complexity index is 95.9. The van der Waals surface area contributed by atoms with Crippen molar-refractivity contribution >= 4 is 0 Å². The summed E-state index contributed by atoms with van der Waals surface area (Å²) in [5.41, 5.74) is 0. The van der Waals surface area contributed by atoms with E-state index in [2.05, 4.69) is 0 Å². The van der Waals surface area contributed by atoms with E-state index in [0.717, 1.165) is 26.1 Å². The molecule has 0 amide bonds. The average molecular weight is 174 g/mol. The monoisotopic (exact) mass is 174 g/mol. The highest BCUT2D eigenvalue weighted by atomic mass is 16.5. The Kier molecular flexibility index (Phi) is 5.32. The fourth-order valence-electron chi connectivity index (χ4n) is 1.28. The van der Waals surface area contributed by atoms with Crippen molar-refractivity contribution in [3.05, 3.63) is 0 Å². The second-order valence-electron chi connectivity index (χ2n) is 3.16. The van der Waals surface area contributed by atoms with Gasteiger partial charge in [0.25, 0.3) is 0 Å². The number of ether oxygens (including phenoxy) is 2. The summed E-state index contributed by atoms with van der Waals surface area (Å²) >= 11 is 0. The Morgan fingerprint density at radius 2 is 1.83 bits per heavy atom. The Hall–Kier alpha value is -0.120. The highest BCUT2D eigenvalue weighted by Gasteiger charge is 2.08. The van der Waals surface area contributed by atoms with Crippen LogP contribution in [-0.2, 0) is 9.47 Å². The summed E-state index contributed by atoms with van der Waals surface area (Å²) in [5.74, 6) is 0. The molecule has 0 aromatic carbocycles. The van der Waals surface area contributed by atoms with Crippen LogP contribution < -0.4 is 0 Å². The zero-order valence-electron chi connectivity index (χ0n) is 7.50. The summed E-state index contributed by atoms with van der Waals surface area (Å²) in [6.45, 7) is 2.17. The largest absolute Gasteiger partial charge is 0.394 e. The summed E-state index contributed by atoms with van der Waals surface area (Å²) in [5, 5.41) is 8.87. The first-order valence-corrected chi connectivity index (χ1v) is 4.73. The van der Waals surface area contributed by atoms with E-state index in [1.165, 1.54) is 12.8 Å². The Labute approximate surface area is 73.7 Å². The number of hydrogen-bond acceptors (Lipinski definition) is 3. The van der Waals surface area contributed by atoms with Gasteiger partial charge in [0, 0.05) is 13.2 Å². The highest BCUT2D eigenvalue weighted by molar-refractivity contribution is 4.56. The van der Waals surface area contributed by atoms with E-state index in [1.54, 1.807) is 0 Å². The van der Waals surface area contributed by atoms with Gasteiger partial charge in [-0.2, -0.15) is 0 Å². The van der Waals surface area contributed by atoms with Crippen molar-refractivity contribution in [3.8, 4) is 0 Å². The van der Waals surface area contributed by atoms with Gasteiger partial charge >= 0.3 is 0 Å². The van der Waals surface area contributed by atoms with Gasteiger partial charge in [-0.3, -0.25) is 0 Å². The summed E-state index contributed by atoms with van der Waals surface area (Å²) in [6.07, 6.45) is 4.58. The van der Waals surface area contributed by atoms with Gasteiger partial charge in [-0.15, -0.1) is 0 Å². The van der Waals surface area contributed by atoms with E-state index < -0.39 is 0 Å². The lowest BCUT2D eigenvalue weighted by atomic mass is 10.2. The molecule has 72 valence electrons. The minimum Gasteiger partial charge on any atom is -0.394 e. The highest BCUT2D eigenvalue weighted by Crippen LogP contribution is 2.05. The molecule has 1 aliphatic rings. The molecular formula is C9H18O3. The molecule has 1 N–H and O–H groups in total. The molecule has 0 bridgehead atoms. The molecular weight excluding hydrogens is 156 g/mol. The zero-order chi connectivity index (χ0) is 8.65. The van der Waals surface area contributed by atoms with Crippen molar-refractivity contribution in [3.63, 3.8) is 0 Å². The Balaban J connectivity index is 2.17. The Morgan fingerprint density at radius 3 is 2.58 bits per heavy atom. The van der Waals surface area contributed by atoms with E-state index in [1.807, 2.05) is 0 Å². The fourth-order valence-corrected chi connectivity index (χ4v) is 1.28. The molecule has 12 heavy (non-hydrogen) atoms. The van der Waals surface area contributed by atoms with E-state index >= 15 is 0 Å². The number of hydrogen-bond donors (Lipinski definition) is 1. The third kappa shape index (κ3) is 4.04. The van der Waals surface area contributed by atoms with Gasteiger partial charge in [-0.05, 0) is 12.8 Å². The van der Waals surface area contributed by atoms with Crippen LogP contribution >= 0.6 is 0 Å². The Morgan fingerprint density at radius 1 is 1.08 bits per heavy atom. The van der Waals surface area contributed by atoms with Crippen LogP contribution in [0.15, 0.2) is 0 Å². The molecule has 0 aromatic heterocycles. The summed E-state index contributed by atoms with van der Waals surface area (Å²) in [7, 11) is 0. The lowest BCUT2D eigenvalue weighted by Crippen LogP contribution is -2.25. The van der Waals surface area contributed by atoms with Gasteiger partial charge in [0.05, 0.1) is 13.2 Å². The molecule has 0 radical (unpaired) electrons. The zero-order valence-corrected chi connectivity index (χ0v) is 7.50. The van der Waals surface area contributed by atoms with Crippen molar-refractivity contribution < 1.29 is 14.6 Å². The number of aliphatic hydroxyl groups is 1. The smallest absolute Gasteiger partial charge is 0.104 e. The molecule has 1 atom stereocenters. The van der Waals surface area contributed by atoms with Crippen molar-refractivity contribution in [1.29, 1.82) is 0 Å². The summed E-state index contributed by atoms with van der Waals surface area (Å²) in [6, 6.07) is 0. The summed E-state index contributed by atoms with van der Waals surface area (Å²) in [4.78, 5) is 0. The van der Waals surface area contributed by atoms with E-state index in [0.29, 0.717) is 6.61 Å². The van der Waals surface area contributed by atoms with Gasteiger partial charge in [-0.1, -0.05) is 12.8 Å². The molecule has 3 heteroatoms. The van der Waals surface area contributed by atoms with Gasteiger partial charge in [0.15, 0.2) is 0 Å². The van der Waals surface area contributed by atoms with Crippen molar-refractivity contribution in [1.82, 2.24) is 0 Å². The fraction of sp³-hybridized carbons (Fsp3) is 1.00. The van der Waals surface area contributed by atoms with Crippen LogP contribution in [0.3, 0.4) is 0 Å². The first kappa shape index (κ1) is 9.96. The minimum absolute atomic E-state index is 0.0694. The molecule has 0 saturated carbocycles. The number of aliphatic hydroxyl groups excluding tert-OH is 1. The van der Waals surface area contributed by atoms with Crippen molar-refractivity contribution in [2.45, 2.75) is 31.8 Å². The standard InChI is InChI=1S/C9H18O3/c10-7-9-8-11-5-3-1-2-4-6-12-9/h9-10H,1-8H2. The van der Waals surface area contributed by atoms with Gasteiger partial charge < -0.3 is 14.6 Å². The normalized spacial score (nSPS) is 28.2. The molecule has 1 aliphatic heterocycles. The van der Waals surface area contributed by atoms with Gasteiger partial charge in [-0.25, -0.2) is 0 Å². The predicted octanol–water partition coefficient (Wildman–Crippen LogP) is 0.955. The van der Waals surface area contributed by atoms with E-state index in [9.17, 15) is 0 Å². The third-order valence-corrected chi connectivity index (χ3v) is 2.04. The predicted molar refractivity (Wildman–Crippen MR) is 46.1 cm³/mol. The minimum atomic E-state index is -0.108. The van der Waals surface area contributed by atoms with Crippen LogP contribution in [0.25, 0.3) is 0 Å². The van der Waals surface area contributed by atoms with Crippen LogP contribution in [0.2, 0.25) is 0 Å². The lowest BCUT2D eigenvalue weighted by molar-refractivity contribution is -0.0474. The van der Waals surface area contributed by atoms with Crippen LogP contribution in [0.1, 0.15) is 25.7 Å². The maximum Gasteiger partial charge on any atom is 0.104 e. The molecule has 3 nitrogen and oxygen atoms in total. The van der Waals surface area contributed by atoms with Crippen molar-refractivity contribution in [2.75, 3.05) is 26.4 Å². The van der Waals surface area contributed by atoms with E-state index in [4.69, 9.17) is 14.6 Å². The van der Waals surface area contributed by atoms with Crippen molar-refractivity contribution in [2.24, 2.45) is 0 Å². The lowest BCUT2D eigenvalue weighted by Gasteiger charge is -2.17. The number of rotatable bonds is 1. The molecule has 1 unspecified atom stereocenters. The topological polar surface area (TPSA) is 38.7 Å². The second-order valence-corrected chi connectivity index (χ2v) is 3.16. The van der Waals surface area contributed by atoms with Crippen LogP contribution in [-0.4, -0.2) is 37.6 Å². The molecule has 1 rings (SSSR count). The maximum absolute atomic E-state index is 8.87. The molecule has 0 aliphatic carbocycles. The molecule has 0 spiro atoms. The van der Waals surface area contributed by atoms with Crippen LogP contribution in [0.5, 0.6) is 0 Å². The first-order valence-electron chi connectivity index (χ1n) is 4.73. The van der Waals surface area contributed by atoms with Crippen LogP contribution in [0, 0.1) is 0 Å². The molecule has 1 saturated heterocycles. The second kappa shape index (κ2) is 6.40. The molecule has 1 heterocycles. The average Bonchev–Trinajstić information content (AvgIpc) is 2.14.